The van der Waals surface area contributed by atoms with Crippen LogP contribution in [0.4, 0.5) is 4.39 Å². The summed E-state index contributed by atoms with van der Waals surface area (Å²) in [6.45, 7) is 8.18. The van der Waals surface area contributed by atoms with Crippen molar-refractivity contribution in [2.24, 2.45) is 5.92 Å². The predicted octanol–water partition coefficient (Wildman–Crippen LogP) is 2.39. The van der Waals surface area contributed by atoms with Gasteiger partial charge in [-0.05, 0) is 38.0 Å². The fourth-order valence-corrected chi connectivity index (χ4v) is 4.25. The molecule has 4 rings (SSSR count). The quantitative estimate of drug-likeness (QED) is 0.895. The van der Waals surface area contributed by atoms with Crippen LogP contribution < -0.4 is 10.9 Å². The number of fused-ring (bicyclic) bond motifs is 1. The standard InChI is InChI=1S/C19H26FN5/c1-3-25-13(2)15(10-21-25)11-24-8-7-18-17(12-24)19(23-22-18)14-5-4-6-16(20)9-14/h4-6,9-10,17-19,22-23H,3,7-8,11-12H2,1-2H3. The van der Waals surface area contributed by atoms with E-state index in [2.05, 4.69) is 39.4 Å². The van der Waals surface area contributed by atoms with Crippen LogP contribution in [0.3, 0.4) is 0 Å². The molecule has 0 bridgehead atoms. The van der Waals surface area contributed by atoms with Crippen LogP contribution in [0.25, 0.3) is 0 Å². The molecule has 1 aromatic carbocycles. The molecular weight excluding hydrogens is 317 g/mol. The van der Waals surface area contributed by atoms with Gasteiger partial charge < -0.3 is 0 Å². The van der Waals surface area contributed by atoms with Gasteiger partial charge in [-0.3, -0.25) is 15.0 Å². The molecule has 2 aliphatic rings. The molecule has 25 heavy (non-hydrogen) atoms. The summed E-state index contributed by atoms with van der Waals surface area (Å²) in [6.07, 6.45) is 3.10. The highest BCUT2D eigenvalue weighted by Crippen LogP contribution is 2.34. The Kier molecular flexibility index (Phi) is 4.58. The zero-order chi connectivity index (χ0) is 17.4. The fourth-order valence-electron chi connectivity index (χ4n) is 4.25. The minimum atomic E-state index is -0.168. The summed E-state index contributed by atoms with van der Waals surface area (Å²) >= 11 is 0. The van der Waals surface area contributed by atoms with Crippen molar-refractivity contribution in [2.75, 3.05) is 13.1 Å². The van der Waals surface area contributed by atoms with Gasteiger partial charge in [0.25, 0.3) is 0 Å². The Morgan fingerprint density at radius 1 is 1.32 bits per heavy atom. The molecule has 2 N–H and O–H groups in total. The third-order valence-electron chi connectivity index (χ3n) is 5.70. The Hall–Kier alpha value is -1.76. The highest BCUT2D eigenvalue weighted by Gasteiger charge is 2.40. The van der Waals surface area contributed by atoms with E-state index in [1.54, 1.807) is 12.1 Å². The van der Waals surface area contributed by atoms with Crippen LogP contribution in [-0.4, -0.2) is 33.8 Å². The van der Waals surface area contributed by atoms with E-state index in [0.717, 1.165) is 38.2 Å². The van der Waals surface area contributed by atoms with Crippen molar-refractivity contribution in [3.05, 3.63) is 53.1 Å². The molecule has 0 saturated carbocycles. The van der Waals surface area contributed by atoms with E-state index < -0.39 is 0 Å². The van der Waals surface area contributed by atoms with E-state index in [1.807, 2.05) is 12.3 Å². The van der Waals surface area contributed by atoms with Crippen molar-refractivity contribution in [1.29, 1.82) is 0 Å². The zero-order valence-corrected chi connectivity index (χ0v) is 14.9. The number of likely N-dealkylation sites (tertiary alicyclic amines) is 1. The molecule has 0 radical (unpaired) electrons. The number of piperidine rings is 1. The maximum absolute atomic E-state index is 13.6. The van der Waals surface area contributed by atoms with Gasteiger partial charge >= 0.3 is 0 Å². The van der Waals surface area contributed by atoms with Crippen molar-refractivity contribution in [3.63, 3.8) is 0 Å². The SMILES string of the molecule is CCn1ncc(CN2CCC3NNC(c4cccc(F)c4)C3C2)c1C. The molecule has 2 aliphatic heterocycles. The summed E-state index contributed by atoms with van der Waals surface area (Å²) < 4.78 is 15.7. The lowest BCUT2D eigenvalue weighted by Gasteiger charge is -2.36. The molecule has 5 nitrogen and oxygen atoms in total. The Labute approximate surface area is 148 Å². The predicted molar refractivity (Wildman–Crippen MR) is 95.2 cm³/mol. The van der Waals surface area contributed by atoms with Gasteiger partial charge in [-0.25, -0.2) is 9.82 Å². The molecule has 6 heteroatoms. The lowest BCUT2D eigenvalue weighted by atomic mass is 9.85. The molecule has 0 spiro atoms. The van der Waals surface area contributed by atoms with Gasteiger partial charge in [0.05, 0.1) is 12.2 Å². The Morgan fingerprint density at radius 3 is 2.96 bits per heavy atom. The second-order valence-electron chi connectivity index (χ2n) is 7.19. The van der Waals surface area contributed by atoms with Crippen molar-refractivity contribution >= 4 is 0 Å². The van der Waals surface area contributed by atoms with E-state index in [1.165, 1.54) is 17.3 Å². The van der Waals surface area contributed by atoms with Crippen molar-refractivity contribution in [1.82, 2.24) is 25.5 Å². The number of benzene rings is 1. The van der Waals surface area contributed by atoms with Gasteiger partial charge in [0.1, 0.15) is 5.82 Å². The largest absolute Gasteiger partial charge is 0.298 e. The van der Waals surface area contributed by atoms with E-state index in [0.29, 0.717) is 12.0 Å². The Morgan fingerprint density at radius 2 is 2.20 bits per heavy atom. The van der Waals surface area contributed by atoms with E-state index in [-0.39, 0.29) is 11.9 Å². The number of hydrazine groups is 1. The fraction of sp³-hybridized carbons (Fsp3) is 0.526. The number of nitrogens with zero attached hydrogens (tertiary/aromatic N) is 3. The highest BCUT2D eigenvalue weighted by atomic mass is 19.1. The summed E-state index contributed by atoms with van der Waals surface area (Å²) in [4.78, 5) is 2.51. The van der Waals surface area contributed by atoms with Gasteiger partial charge in [-0.15, -0.1) is 0 Å². The first-order valence-corrected chi connectivity index (χ1v) is 9.16. The number of hydrogen-bond donors (Lipinski definition) is 2. The second-order valence-corrected chi connectivity index (χ2v) is 7.19. The second kappa shape index (κ2) is 6.86. The number of rotatable bonds is 4. The van der Waals surface area contributed by atoms with E-state index >= 15 is 0 Å². The van der Waals surface area contributed by atoms with Crippen molar-refractivity contribution < 1.29 is 4.39 Å². The maximum Gasteiger partial charge on any atom is 0.123 e. The van der Waals surface area contributed by atoms with Crippen LogP contribution in [-0.2, 0) is 13.1 Å². The van der Waals surface area contributed by atoms with Crippen LogP contribution in [0.5, 0.6) is 0 Å². The lowest BCUT2D eigenvalue weighted by molar-refractivity contribution is 0.148. The minimum Gasteiger partial charge on any atom is -0.298 e. The Bertz CT molecular complexity index is 743. The molecule has 2 fully saturated rings. The van der Waals surface area contributed by atoms with E-state index in [9.17, 15) is 4.39 Å². The number of halogens is 1. The zero-order valence-electron chi connectivity index (χ0n) is 14.9. The van der Waals surface area contributed by atoms with E-state index in [4.69, 9.17) is 0 Å². The molecule has 134 valence electrons. The highest BCUT2D eigenvalue weighted by molar-refractivity contribution is 5.23. The molecule has 0 amide bonds. The monoisotopic (exact) mass is 343 g/mol. The average Bonchev–Trinajstić information content (AvgIpc) is 3.19. The first-order chi connectivity index (χ1) is 12.2. The summed E-state index contributed by atoms with van der Waals surface area (Å²) in [5, 5.41) is 4.46. The third kappa shape index (κ3) is 3.21. The van der Waals surface area contributed by atoms with Crippen LogP contribution in [0.1, 0.15) is 36.2 Å². The molecule has 2 aromatic rings. The van der Waals surface area contributed by atoms with Crippen molar-refractivity contribution in [2.45, 2.75) is 45.4 Å². The number of hydrogen-bond acceptors (Lipinski definition) is 4. The van der Waals surface area contributed by atoms with Gasteiger partial charge in [0.2, 0.25) is 0 Å². The maximum atomic E-state index is 13.6. The van der Waals surface area contributed by atoms with Crippen molar-refractivity contribution in [3.8, 4) is 0 Å². The van der Waals surface area contributed by atoms with Gasteiger partial charge in [-0.1, -0.05) is 12.1 Å². The topological polar surface area (TPSA) is 45.1 Å². The third-order valence-corrected chi connectivity index (χ3v) is 5.70. The van der Waals surface area contributed by atoms with Crippen LogP contribution in [0.15, 0.2) is 30.5 Å². The van der Waals surface area contributed by atoms with Crippen LogP contribution >= 0.6 is 0 Å². The molecule has 2 saturated heterocycles. The number of nitrogens with one attached hydrogen (secondary N) is 2. The molecule has 1 aromatic heterocycles. The summed E-state index contributed by atoms with van der Waals surface area (Å²) in [6, 6.07) is 7.56. The molecule has 3 heterocycles. The summed E-state index contributed by atoms with van der Waals surface area (Å²) in [5.41, 5.74) is 10.4. The molecule has 0 aliphatic carbocycles. The summed E-state index contributed by atoms with van der Waals surface area (Å²) in [7, 11) is 0. The summed E-state index contributed by atoms with van der Waals surface area (Å²) in [5.74, 6) is 0.273. The Balaban J connectivity index is 1.48. The van der Waals surface area contributed by atoms with Gasteiger partial charge in [-0.2, -0.15) is 5.10 Å². The lowest BCUT2D eigenvalue weighted by Crippen LogP contribution is -2.45. The first-order valence-electron chi connectivity index (χ1n) is 9.16. The number of aryl methyl sites for hydroxylation is 1. The first kappa shape index (κ1) is 16.7. The average molecular weight is 343 g/mol. The van der Waals surface area contributed by atoms with Crippen LogP contribution in [0.2, 0.25) is 0 Å². The van der Waals surface area contributed by atoms with Gasteiger partial charge in [0.15, 0.2) is 0 Å². The minimum absolute atomic E-state index is 0.156. The molecule has 3 unspecified atom stereocenters. The molecule has 3 atom stereocenters. The normalized spacial score (nSPS) is 26.8. The van der Waals surface area contributed by atoms with Crippen LogP contribution in [0, 0.1) is 18.7 Å². The smallest absolute Gasteiger partial charge is 0.123 e. The van der Waals surface area contributed by atoms with Gasteiger partial charge in [0, 0.05) is 49.4 Å². The molecular formula is C19H26FN5. The number of aromatic nitrogens is 2.